The molecule has 8 heteroatoms. The van der Waals surface area contributed by atoms with E-state index in [2.05, 4.69) is 16.0 Å². The molecule has 0 fully saturated rings. The van der Waals surface area contributed by atoms with Crippen LogP contribution in [0.5, 0.6) is 11.5 Å². The topological polar surface area (TPSA) is 88.7 Å². The number of carbonyl (C=O) groups excluding carboxylic acids is 2. The summed E-state index contributed by atoms with van der Waals surface area (Å²) in [6.07, 6.45) is 0. The summed E-state index contributed by atoms with van der Waals surface area (Å²) in [5.41, 5.74) is 2.57. The number of ether oxygens (including phenoxy) is 2. The van der Waals surface area contributed by atoms with Crippen LogP contribution in [0.3, 0.4) is 0 Å². The Kier molecular flexibility index (Phi) is 7.94. The second-order valence-corrected chi connectivity index (χ2v) is 7.26. The van der Waals surface area contributed by atoms with Gasteiger partial charge in [0.15, 0.2) is 11.5 Å². The van der Waals surface area contributed by atoms with Crippen LogP contribution in [-0.2, 0) is 11.3 Å². The van der Waals surface area contributed by atoms with E-state index in [1.165, 1.54) is 0 Å². The summed E-state index contributed by atoms with van der Waals surface area (Å²) >= 11 is 5.87. The van der Waals surface area contributed by atoms with E-state index in [1.807, 2.05) is 18.2 Å². The fourth-order valence-electron chi connectivity index (χ4n) is 2.97. The lowest BCUT2D eigenvalue weighted by atomic mass is 10.2. The standard InChI is InChI=1S/C24H24ClN3O4/c1-31-21-12-7-16(13-22(21)32-2)14-27-23(29)15-26-19-5-3-4-6-20(19)28-24(30)17-8-10-18(25)11-9-17/h3-13,26H,14-15H2,1-2H3,(H,27,29)(H,28,30). The van der Waals surface area contributed by atoms with Gasteiger partial charge in [0.1, 0.15) is 0 Å². The molecular weight excluding hydrogens is 430 g/mol. The molecule has 0 atom stereocenters. The first-order valence-electron chi connectivity index (χ1n) is 9.87. The number of hydrogen-bond donors (Lipinski definition) is 3. The third-order valence-electron chi connectivity index (χ3n) is 4.66. The molecule has 32 heavy (non-hydrogen) atoms. The Labute approximate surface area is 191 Å². The number of rotatable bonds is 9. The van der Waals surface area contributed by atoms with E-state index in [1.54, 1.807) is 62.8 Å². The molecule has 0 saturated carbocycles. The minimum Gasteiger partial charge on any atom is -0.493 e. The summed E-state index contributed by atoms with van der Waals surface area (Å²) in [6, 6.07) is 19.2. The largest absolute Gasteiger partial charge is 0.493 e. The predicted octanol–water partition coefficient (Wildman–Crippen LogP) is 4.34. The zero-order valence-corrected chi connectivity index (χ0v) is 18.5. The van der Waals surface area contributed by atoms with E-state index in [-0.39, 0.29) is 18.4 Å². The van der Waals surface area contributed by atoms with Gasteiger partial charge in [0.25, 0.3) is 5.91 Å². The van der Waals surface area contributed by atoms with Gasteiger partial charge in [-0.15, -0.1) is 0 Å². The molecule has 3 aromatic rings. The van der Waals surface area contributed by atoms with Crippen molar-refractivity contribution < 1.29 is 19.1 Å². The minimum atomic E-state index is -0.270. The number of halogens is 1. The number of benzene rings is 3. The van der Waals surface area contributed by atoms with Crippen LogP contribution in [-0.4, -0.2) is 32.6 Å². The van der Waals surface area contributed by atoms with Crippen molar-refractivity contribution in [1.82, 2.24) is 5.32 Å². The smallest absolute Gasteiger partial charge is 0.255 e. The molecule has 0 heterocycles. The molecule has 166 valence electrons. The van der Waals surface area contributed by atoms with Crippen molar-refractivity contribution in [3.63, 3.8) is 0 Å². The van der Waals surface area contributed by atoms with E-state index in [0.29, 0.717) is 40.0 Å². The number of nitrogens with one attached hydrogen (secondary N) is 3. The summed E-state index contributed by atoms with van der Waals surface area (Å²) < 4.78 is 10.5. The van der Waals surface area contributed by atoms with Crippen LogP contribution in [0.25, 0.3) is 0 Å². The maximum atomic E-state index is 12.5. The molecule has 2 amide bonds. The highest BCUT2D eigenvalue weighted by Gasteiger charge is 2.10. The van der Waals surface area contributed by atoms with Gasteiger partial charge in [-0.3, -0.25) is 9.59 Å². The third kappa shape index (κ3) is 6.15. The van der Waals surface area contributed by atoms with Crippen LogP contribution in [0.2, 0.25) is 5.02 Å². The Morgan fingerprint density at radius 2 is 1.56 bits per heavy atom. The maximum Gasteiger partial charge on any atom is 0.255 e. The molecule has 7 nitrogen and oxygen atoms in total. The summed E-state index contributed by atoms with van der Waals surface area (Å²) in [7, 11) is 3.13. The zero-order chi connectivity index (χ0) is 22.9. The first-order valence-corrected chi connectivity index (χ1v) is 10.3. The molecule has 0 aliphatic rings. The first-order chi connectivity index (χ1) is 15.5. The highest BCUT2D eigenvalue weighted by atomic mass is 35.5. The molecule has 3 N–H and O–H groups in total. The maximum absolute atomic E-state index is 12.5. The highest BCUT2D eigenvalue weighted by molar-refractivity contribution is 6.30. The van der Waals surface area contributed by atoms with Gasteiger partial charge in [-0.1, -0.05) is 29.8 Å². The lowest BCUT2D eigenvalue weighted by Gasteiger charge is -2.14. The summed E-state index contributed by atoms with van der Waals surface area (Å²) in [5, 5.41) is 9.32. The van der Waals surface area contributed by atoms with Crippen LogP contribution in [0, 0.1) is 0 Å². The van der Waals surface area contributed by atoms with Gasteiger partial charge in [0, 0.05) is 17.1 Å². The van der Waals surface area contributed by atoms with Gasteiger partial charge >= 0.3 is 0 Å². The zero-order valence-electron chi connectivity index (χ0n) is 17.8. The number of methoxy groups -OCH3 is 2. The fraction of sp³-hybridized carbons (Fsp3) is 0.167. The molecule has 3 rings (SSSR count). The van der Waals surface area contributed by atoms with Crippen LogP contribution in [0.1, 0.15) is 15.9 Å². The van der Waals surface area contributed by atoms with Gasteiger partial charge in [0.2, 0.25) is 5.91 Å². The predicted molar refractivity (Wildman–Crippen MR) is 126 cm³/mol. The lowest BCUT2D eigenvalue weighted by Crippen LogP contribution is -2.29. The number of amides is 2. The van der Waals surface area contributed by atoms with Crippen LogP contribution < -0.4 is 25.4 Å². The molecule has 0 aromatic heterocycles. The van der Waals surface area contributed by atoms with Crippen LogP contribution >= 0.6 is 11.6 Å². The fourth-order valence-corrected chi connectivity index (χ4v) is 3.10. The summed E-state index contributed by atoms with van der Waals surface area (Å²) in [4.78, 5) is 24.8. The van der Waals surface area contributed by atoms with Crippen molar-refractivity contribution in [3.8, 4) is 11.5 Å². The second-order valence-electron chi connectivity index (χ2n) is 6.83. The average Bonchev–Trinajstić information content (AvgIpc) is 2.82. The highest BCUT2D eigenvalue weighted by Crippen LogP contribution is 2.27. The molecule has 0 aliphatic carbocycles. The Bertz CT molecular complexity index is 1090. The Morgan fingerprint density at radius 1 is 0.875 bits per heavy atom. The Morgan fingerprint density at radius 3 is 2.25 bits per heavy atom. The monoisotopic (exact) mass is 453 g/mol. The van der Waals surface area contributed by atoms with E-state index < -0.39 is 0 Å². The molecular formula is C24H24ClN3O4. The molecule has 0 saturated heterocycles. The van der Waals surface area contributed by atoms with Crippen molar-refractivity contribution in [1.29, 1.82) is 0 Å². The second kappa shape index (κ2) is 11.1. The van der Waals surface area contributed by atoms with E-state index >= 15 is 0 Å². The Hall–Kier alpha value is -3.71. The normalized spacial score (nSPS) is 10.2. The van der Waals surface area contributed by atoms with E-state index in [9.17, 15) is 9.59 Å². The average molecular weight is 454 g/mol. The molecule has 0 bridgehead atoms. The van der Waals surface area contributed by atoms with Crippen molar-refractivity contribution in [2.75, 3.05) is 31.4 Å². The van der Waals surface area contributed by atoms with Crippen molar-refractivity contribution in [2.24, 2.45) is 0 Å². The number of hydrogen-bond acceptors (Lipinski definition) is 5. The number of para-hydroxylation sites is 2. The van der Waals surface area contributed by atoms with E-state index in [0.717, 1.165) is 5.56 Å². The minimum absolute atomic E-state index is 0.0428. The van der Waals surface area contributed by atoms with Gasteiger partial charge < -0.3 is 25.4 Å². The van der Waals surface area contributed by atoms with Gasteiger partial charge in [0.05, 0.1) is 32.1 Å². The van der Waals surface area contributed by atoms with Gasteiger partial charge in [-0.05, 0) is 54.1 Å². The molecule has 0 aliphatic heterocycles. The van der Waals surface area contributed by atoms with Crippen LogP contribution in [0.15, 0.2) is 66.7 Å². The van der Waals surface area contributed by atoms with Gasteiger partial charge in [-0.25, -0.2) is 0 Å². The molecule has 3 aromatic carbocycles. The van der Waals surface area contributed by atoms with Crippen molar-refractivity contribution >= 4 is 34.8 Å². The molecule has 0 radical (unpaired) electrons. The van der Waals surface area contributed by atoms with Gasteiger partial charge in [-0.2, -0.15) is 0 Å². The summed E-state index contributed by atoms with van der Waals surface area (Å²) in [6.45, 7) is 0.386. The van der Waals surface area contributed by atoms with Crippen molar-refractivity contribution in [2.45, 2.75) is 6.54 Å². The molecule has 0 unspecified atom stereocenters. The quantitative estimate of drug-likeness (QED) is 0.448. The SMILES string of the molecule is COc1ccc(CNC(=O)CNc2ccccc2NC(=O)c2ccc(Cl)cc2)cc1OC. The van der Waals surface area contributed by atoms with Crippen LogP contribution in [0.4, 0.5) is 11.4 Å². The molecule has 0 spiro atoms. The number of carbonyl (C=O) groups is 2. The van der Waals surface area contributed by atoms with Crippen molar-refractivity contribution in [3.05, 3.63) is 82.9 Å². The third-order valence-corrected chi connectivity index (χ3v) is 4.91. The summed E-state index contributed by atoms with van der Waals surface area (Å²) in [5.74, 6) is 0.761. The van der Waals surface area contributed by atoms with E-state index in [4.69, 9.17) is 21.1 Å². The Balaban J connectivity index is 1.56. The number of anilines is 2. The first kappa shape index (κ1) is 23.0. The lowest BCUT2D eigenvalue weighted by molar-refractivity contribution is -0.119.